The van der Waals surface area contributed by atoms with Crippen molar-refractivity contribution >= 4 is 0 Å². The van der Waals surface area contributed by atoms with Crippen LogP contribution in [0, 0.1) is 20.8 Å². The molecule has 0 fully saturated rings. The highest BCUT2D eigenvalue weighted by Crippen LogP contribution is 2.33. The van der Waals surface area contributed by atoms with E-state index in [1.165, 1.54) is 0 Å². The number of hydrogen-bond donors (Lipinski definition) is 1. The maximum atomic E-state index is 9.49. The summed E-state index contributed by atoms with van der Waals surface area (Å²) in [4.78, 5) is 4.36. The third kappa shape index (κ3) is 2.91. The number of methoxy groups -OCH3 is 1. The van der Waals surface area contributed by atoms with Gasteiger partial charge in [-0.1, -0.05) is 6.07 Å². The van der Waals surface area contributed by atoms with E-state index in [1.807, 2.05) is 45.0 Å². The molecule has 0 spiro atoms. The molecule has 1 heterocycles. The Bertz CT molecular complexity index is 623. The van der Waals surface area contributed by atoms with Crippen LogP contribution in [0.1, 0.15) is 22.4 Å². The minimum Gasteiger partial charge on any atom is -0.493 e. The summed E-state index contributed by atoms with van der Waals surface area (Å²) in [6.45, 7) is 5.70. The third-order valence-electron chi connectivity index (χ3n) is 3.12. The number of ether oxygens (including phenoxy) is 2. The highest BCUT2D eigenvalue weighted by molar-refractivity contribution is 5.46. The zero-order valence-corrected chi connectivity index (χ0v) is 12.2. The number of aryl methyl sites for hydroxylation is 3. The molecule has 2 aromatic rings. The van der Waals surface area contributed by atoms with Gasteiger partial charge in [0.25, 0.3) is 0 Å². The second kappa shape index (κ2) is 5.92. The number of aromatic nitrogens is 1. The molecular formula is C16H19NO3. The Balaban J connectivity index is 2.44. The van der Waals surface area contributed by atoms with Crippen molar-refractivity contribution in [2.24, 2.45) is 0 Å². The van der Waals surface area contributed by atoms with Crippen molar-refractivity contribution in [3.8, 4) is 17.4 Å². The van der Waals surface area contributed by atoms with Gasteiger partial charge >= 0.3 is 0 Å². The van der Waals surface area contributed by atoms with Gasteiger partial charge in [-0.15, -0.1) is 0 Å². The first-order valence-corrected chi connectivity index (χ1v) is 6.45. The van der Waals surface area contributed by atoms with Crippen LogP contribution in [0.2, 0.25) is 0 Å². The van der Waals surface area contributed by atoms with Gasteiger partial charge in [0.15, 0.2) is 11.5 Å². The number of aliphatic hydroxyl groups excluding tert-OH is 1. The smallest absolute Gasteiger partial charge is 0.225 e. The summed E-state index contributed by atoms with van der Waals surface area (Å²) in [5.41, 5.74) is 3.59. The minimum atomic E-state index is -0.109. The molecule has 0 saturated heterocycles. The summed E-state index contributed by atoms with van der Waals surface area (Å²) in [5, 5.41) is 9.49. The number of hydrogen-bond acceptors (Lipinski definition) is 4. The van der Waals surface area contributed by atoms with E-state index >= 15 is 0 Å². The molecular weight excluding hydrogens is 254 g/mol. The van der Waals surface area contributed by atoms with Gasteiger partial charge in [0.2, 0.25) is 5.88 Å². The Morgan fingerprint density at radius 1 is 1.10 bits per heavy atom. The first-order chi connectivity index (χ1) is 9.55. The molecule has 0 amide bonds. The minimum absolute atomic E-state index is 0.109. The van der Waals surface area contributed by atoms with Gasteiger partial charge in [-0.25, -0.2) is 4.98 Å². The fourth-order valence-electron chi connectivity index (χ4n) is 2.07. The molecule has 0 aliphatic rings. The van der Waals surface area contributed by atoms with E-state index in [1.54, 1.807) is 7.11 Å². The van der Waals surface area contributed by atoms with Crippen molar-refractivity contribution < 1.29 is 14.6 Å². The zero-order valence-electron chi connectivity index (χ0n) is 12.2. The lowest BCUT2D eigenvalue weighted by atomic mass is 10.1. The highest BCUT2D eigenvalue weighted by Gasteiger charge is 2.13. The largest absolute Gasteiger partial charge is 0.493 e. The first-order valence-electron chi connectivity index (χ1n) is 6.45. The van der Waals surface area contributed by atoms with E-state index in [0.29, 0.717) is 22.9 Å². The Kier molecular flexibility index (Phi) is 4.25. The average Bonchev–Trinajstić information content (AvgIpc) is 2.40. The van der Waals surface area contributed by atoms with Crippen LogP contribution in [0.4, 0.5) is 0 Å². The summed E-state index contributed by atoms with van der Waals surface area (Å²) < 4.78 is 11.2. The van der Waals surface area contributed by atoms with Crippen LogP contribution in [-0.4, -0.2) is 17.2 Å². The van der Waals surface area contributed by atoms with E-state index in [4.69, 9.17) is 9.47 Å². The standard InChI is InChI=1S/C16H19NO3/c1-10-5-6-14(15(7-10)19-4)20-16-13(9-18)11(2)8-12(3)17-16/h5-8,18H,9H2,1-4H3. The van der Waals surface area contributed by atoms with E-state index in [9.17, 15) is 5.11 Å². The van der Waals surface area contributed by atoms with E-state index in [2.05, 4.69) is 4.98 Å². The number of pyridine rings is 1. The van der Waals surface area contributed by atoms with Crippen molar-refractivity contribution in [1.82, 2.24) is 4.98 Å². The highest BCUT2D eigenvalue weighted by atomic mass is 16.5. The van der Waals surface area contributed by atoms with Crippen molar-refractivity contribution in [3.63, 3.8) is 0 Å². The quantitative estimate of drug-likeness (QED) is 0.928. The lowest BCUT2D eigenvalue weighted by Gasteiger charge is -2.14. The maximum Gasteiger partial charge on any atom is 0.225 e. The molecule has 0 unspecified atom stereocenters. The Morgan fingerprint density at radius 2 is 1.85 bits per heavy atom. The van der Waals surface area contributed by atoms with Gasteiger partial charge in [-0.3, -0.25) is 0 Å². The Morgan fingerprint density at radius 3 is 2.50 bits per heavy atom. The van der Waals surface area contributed by atoms with Crippen molar-refractivity contribution in [2.45, 2.75) is 27.4 Å². The molecule has 20 heavy (non-hydrogen) atoms. The van der Waals surface area contributed by atoms with Crippen molar-refractivity contribution in [2.75, 3.05) is 7.11 Å². The first kappa shape index (κ1) is 14.3. The van der Waals surface area contributed by atoms with E-state index < -0.39 is 0 Å². The van der Waals surface area contributed by atoms with Gasteiger partial charge in [0.05, 0.1) is 13.7 Å². The van der Waals surface area contributed by atoms with Gasteiger partial charge in [0, 0.05) is 11.3 Å². The average molecular weight is 273 g/mol. The molecule has 4 heteroatoms. The fraction of sp³-hybridized carbons (Fsp3) is 0.312. The monoisotopic (exact) mass is 273 g/mol. The molecule has 0 aliphatic carbocycles. The van der Waals surface area contributed by atoms with Crippen LogP contribution in [0.5, 0.6) is 17.4 Å². The van der Waals surface area contributed by atoms with Crippen LogP contribution in [-0.2, 0) is 6.61 Å². The summed E-state index contributed by atoms with van der Waals surface area (Å²) in [6, 6.07) is 7.61. The summed E-state index contributed by atoms with van der Waals surface area (Å²) in [7, 11) is 1.60. The summed E-state index contributed by atoms with van der Waals surface area (Å²) in [6.07, 6.45) is 0. The van der Waals surface area contributed by atoms with Crippen LogP contribution >= 0.6 is 0 Å². The second-order valence-corrected chi connectivity index (χ2v) is 4.78. The Hall–Kier alpha value is -2.07. The lowest BCUT2D eigenvalue weighted by molar-refractivity contribution is 0.273. The summed E-state index contributed by atoms with van der Waals surface area (Å²) >= 11 is 0. The zero-order chi connectivity index (χ0) is 14.7. The molecule has 4 nitrogen and oxygen atoms in total. The van der Waals surface area contributed by atoms with Crippen LogP contribution in [0.15, 0.2) is 24.3 Å². The van der Waals surface area contributed by atoms with Gasteiger partial charge in [-0.05, 0) is 50.1 Å². The van der Waals surface area contributed by atoms with Crippen LogP contribution < -0.4 is 9.47 Å². The SMILES string of the molecule is COc1cc(C)ccc1Oc1nc(C)cc(C)c1CO. The third-order valence-corrected chi connectivity index (χ3v) is 3.12. The molecule has 106 valence electrons. The van der Waals surface area contributed by atoms with Crippen molar-refractivity contribution in [3.05, 3.63) is 46.6 Å². The fourth-order valence-corrected chi connectivity index (χ4v) is 2.07. The maximum absolute atomic E-state index is 9.49. The van der Waals surface area contributed by atoms with Crippen LogP contribution in [0.25, 0.3) is 0 Å². The summed E-state index contributed by atoms with van der Waals surface area (Å²) in [5.74, 6) is 1.66. The molecule has 1 N–H and O–H groups in total. The molecule has 0 saturated carbocycles. The second-order valence-electron chi connectivity index (χ2n) is 4.78. The Labute approximate surface area is 119 Å². The predicted molar refractivity (Wildman–Crippen MR) is 77.4 cm³/mol. The lowest BCUT2D eigenvalue weighted by Crippen LogP contribution is -2.01. The van der Waals surface area contributed by atoms with Crippen LogP contribution in [0.3, 0.4) is 0 Å². The molecule has 0 atom stereocenters. The van der Waals surface area contributed by atoms with E-state index in [-0.39, 0.29) is 6.61 Å². The normalized spacial score (nSPS) is 10.4. The predicted octanol–water partition coefficient (Wildman–Crippen LogP) is 3.30. The molecule has 0 radical (unpaired) electrons. The molecule has 1 aromatic carbocycles. The number of rotatable bonds is 4. The van der Waals surface area contributed by atoms with Gasteiger partial charge < -0.3 is 14.6 Å². The molecule has 0 aliphatic heterocycles. The molecule has 2 rings (SSSR count). The van der Waals surface area contributed by atoms with Gasteiger partial charge in [0.1, 0.15) is 0 Å². The topological polar surface area (TPSA) is 51.6 Å². The molecule has 0 bridgehead atoms. The number of nitrogens with zero attached hydrogens (tertiary/aromatic N) is 1. The van der Waals surface area contributed by atoms with E-state index in [0.717, 1.165) is 16.8 Å². The molecule has 1 aromatic heterocycles. The number of aliphatic hydroxyl groups is 1. The van der Waals surface area contributed by atoms with Crippen molar-refractivity contribution in [1.29, 1.82) is 0 Å². The van der Waals surface area contributed by atoms with Gasteiger partial charge in [-0.2, -0.15) is 0 Å². The number of benzene rings is 1.